The largest absolute Gasteiger partial charge is 0.462 e. The van der Waals surface area contributed by atoms with Crippen molar-refractivity contribution < 1.29 is 14.3 Å². The minimum absolute atomic E-state index is 0.192. The van der Waals surface area contributed by atoms with Crippen LogP contribution in [0.2, 0.25) is 0 Å². The van der Waals surface area contributed by atoms with E-state index in [9.17, 15) is 9.59 Å². The number of thioether (sulfide) groups is 1. The molecule has 0 spiro atoms. The maximum atomic E-state index is 12.7. The van der Waals surface area contributed by atoms with Crippen LogP contribution in [-0.2, 0) is 9.53 Å². The summed E-state index contributed by atoms with van der Waals surface area (Å²) in [5.41, 5.74) is 3.23. The van der Waals surface area contributed by atoms with Crippen LogP contribution in [0.3, 0.4) is 0 Å². The molecule has 0 unspecified atom stereocenters. The predicted molar refractivity (Wildman–Crippen MR) is 129 cm³/mol. The van der Waals surface area contributed by atoms with Crippen LogP contribution in [0.25, 0.3) is 21.3 Å². The van der Waals surface area contributed by atoms with Crippen LogP contribution in [0.15, 0.2) is 58.3 Å². The van der Waals surface area contributed by atoms with Crippen molar-refractivity contribution >= 4 is 62.2 Å². The monoisotopic (exact) mass is 468 g/mol. The Bertz CT molecular complexity index is 1230. The van der Waals surface area contributed by atoms with E-state index in [1.54, 1.807) is 18.3 Å². The third-order valence-corrected chi connectivity index (χ3v) is 7.27. The standard InChI is InChI=1S/C23H20N2O3S3/c1-3-28-23(27)21-16(18-9-6-10-29-18)12-31-22(21)25-19(26)13-30-20-11-14(2)15-7-4-5-8-17(15)24-20/h4-12H,3,13H2,1-2H3,(H,25,26). The van der Waals surface area contributed by atoms with Gasteiger partial charge < -0.3 is 10.1 Å². The third-order valence-electron chi connectivity index (χ3n) is 4.56. The molecule has 0 saturated carbocycles. The van der Waals surface area contributed by atoms with Gasteiger partial charge in [0, 0.05) is 21.2 Å². The van der Waals surface area contributed by atoms with Crippen LogP contribution in [0.5, 0.6) is 0 Å². The minimum Gasteiger partial charge on any atom is -0.462 e. The Morgan fingerprint density at radius 2 is 2.00 bits per heavy atom. The molecule has 0 fully saturated rings. The highest BCUT2D eigenvalue weighted by Gasteiger charge is 2.23. The molecule has 0 aliphatic rings. The van der Waals surface area contributed by atoms with Gasteiger partial charge in [0.05, 0.1) is 22.9 Å². The number of anilines is 1. The first kappa shape index (κ1) is 21.5. The highest BCUT2D eigenvalue weighted by Crippen LogP contribution is 2.38. The van der Waals surface area contributed by atoms with Crippen molar-refractivity contribution in [2.75, 3.05) is 17.7 Å². The average molecular weight is 469 g/mol. The van der Waals surface area contributed by atoms with E-state index in [1.807, 2.05) is 60.1 Å². The molecule has 0 radical (unpaired) electrons. The summed E-state index contributed by atoms with van der Waals surface area (Å²) in [6.45, 7) is 4.08. The van der Waals surface area contributed by atoms with Crippen LogP contribution in [-0.4, -0.2) is 29.2 Å². The molecule has 31 heavy (non-hydrogen) atoms. The Balaban J connectivity index is 1.50. The molecule has 158 valence electrons. The number of nitrogens with zero attached hydrogens (tertiary/aromatic N) is 1. The van der Waals surface area contributed by atoms with Crippen LogP contribution in [0.1, 0.15) is 22.8 Å². The molecule has 1 aromatic carbocycles. The van der Waals surface area contributed by atoms with Crippen LogP contribution < -0.4 is 5.32 Å². The van der Waals surface area contributed by atoms with Gasteiger partial charge in [-0.3, -0.25) is 4.79 Å². The number of hydrogen-bond acceptors (Lipinski definition) is 7. The Morgan fingerprint density at radius 1 is 1.16 bits per heavy atom. The molecule has 0 aliphatic carbocycles. The van der Waals surface area contributed by atoms with Gasteiger partial charge in [-0.15, -0.1) is 22.7 Å². The van der Waals surface area contributed by atoms with Gasteiger partial charge in [0.25, 0.3) is 0 Å². The molecule has 4 aromatic rings. The van der Waals surface area contributed by atoms with Crippen molar-refractivity contribution in [3.05, 3.63) is 64.4 Å². The van der Waals surface area contributed by atoms with Crippen LogP contribution in [0.4, 0.5) is 5.00 Å². The zero-order valence-corrected chi connectivity index (χ0v) is 19.5. The molecule has 8 heteroatoms. The van der Waals surface area contributed by atoms with Gasteiger partial charge in [-0.05, 0) is 43.0 Å². The molecule has 1 N–H and O–H groups in total. The fourth-order valence-corrected chi connectivity index (χ4v) is 5.73. The van der Waals surface area contributed by atoms with Crippen molar-refractivity contribution in [1.82, 2.24) is 4.98 Å². The second kappa shape index (κ2) is 9.64. The Hall–Kier alpha value is -2.68. The molecular formula is C23H20N2O3S3. The topological polar surface area (TPSA) is 68.3 Å². The maximum absolute atomic E-state index is 12.7. The number of nitrogens with one attached hydrogen (secondary N) is 1. The second-order valence-corrected chi connectivity index (χ2v) is 9.51. The first-order valence-electron chi connectivity index (χ1n) is 9.68. The molecule has 5 nitrogen and oxygen atoms in total. The fourth-order valence-electron chi connectivity index (χ4n) is 3.16. The smallest absolute Gasteiger partial charge is 0.341 e. The van der Waals surface area contributed by atoms with Gasteiger partial charge in [0.1, 0.15) is 10.6 Å². The third kappa shape index (κ3) is 4.81. The number of thiophene rings is 2. The van der Waals surface area contributed by atoms with Crippen molar-refractivity contribution in [3.63, 3.8) is 0 Å². The quantitative estimate of drug-likeness (QED) is 0.257. The van der Waals surface area contributed by atoms with Crippen molar-refractivity contribution in [3.8, 4) is 10.4 Å². The predicted octanol–water partition coefficient (Wildman–Crippen LogP) is 6.24. The number of carbonyl (C=O) groups excluding carboxylic acids is 2. The molecule has 0 bridgehead atoms. The van der Waals surface area contributed by atoms with Crippen molar-refractivity contribution in [2.45, 2.75) is 18.9 Å². The van der Waals surface area contributed by atoms with Crippen molar-refractivity contribution in [2.24, 2.45) is 0 Å². The van der Waals surface area contributed by atoms with Crippen LogP contribution in [0, 0.1) is 6.92 Å². The number of benzene rings is 1. The number of pyridine rings is 1. The van der Waals surface area contributed by atoms with E-state index in [2.05, 4.69) is 10.3 Å². The zero-order valence-electron chi connectivity index (χ0n) is 17.0. The molecule has 3 aromatic heterocycles. The summed E-state index contributed by atoms with van der Waals surface area (Å²) in [6.07, 6.45) is 0. The van der Waals surface area contributed by atoms with E-state index in [0.717, 1.165) is 31.9 Å². The molecule has 3 heterocycles. The first-order chi connectivity index (χ1) is 15.1. The number of ether oxygens (including phenoxy) is 1. The Kier molecular flexibility index (Phi) is 6.70. The van der Waals surface area contributed by atoms with Gasteiger partial charge in [-0.2, -0.15) is 0 Å². The number of carbonyl (C=O) groups is 2. The van der Waals surface area contributed by atoms with Crippen molar-refractivity contribution in [1.29, 1.82) is 0 Å². The number of para-hydroxylation sites is 1. The summed E-state index contributed by atoms with van der Waals surface area (Å²) < 4.78 is 5.24. The van der Waals surface area contributed by atoms with Gasteiger partial charge in [0.15, 0.2) is 0 Å². The summed E-state index contributed by atoms with van der Waals surface area (Å²) >= 11 is 4.25. The van der Waals surface area contributed by atoms with E-state index in [4.69, 9.17) is 4.74 Å². The number of aromatic nitrogens is 1. The summed E-state index contributed by atoms with van der Waals surface area (Å²) in [4.78, 5) is 30.8. The molecule has 0 atom stereocenters. The van der Waals surface area contributed by atoms with Gasteiger partial charge in [0.2, 0.25) is 5.91 Å². The van der Waals surface area contributed by atoms with E-state index in [0.29, 0.717) is 10.6 Å². The van der Waals surface area contributed by atoms with E-state index < -0.39 is 5.97 Å². The number of amides is 1. The first-order valence-corrected chi connectivity index (χ1v) is 12.4. The number of esters is 1. The molecular weight excluding hydrogens is 448 g/mol. The average Bonchev–Trinajstić information content (AvgIpc) is 3.42. The lowest BCUT2D eigenvalue weighted by atomic mass is 10.1. The molecule has 4 rings (SSSR count). The fraction of sp³-hybridized carbons (Fsp3) is 0.174. The van der Waals surface area contributed by atoms with Crippen LogP contribution >= 0.6 is 34.4 Å². The van der Waals surface area contributed by atoms with Gasteiger partial charge >= 0.3 is 5.97 Å². The number of hydrogen-bond donors (Lipinski definition) is 1. The van der Waals surface area contributed by atoms with E-state index in [-0.39, 0.29) is 18.3 Å². The van der Waals surface area contributed by atoms with E-state index in [1.165, 1.54) is 23.1 Å². The lowest BCUT2D eigenvalue weighted by Crippen LogP contribution is -2.16. The number of fused-ring (bicyclic) bond motifs is 1. The molecule has 1 amide bonds. The summed E-state index contributed by atoms with van der Waals surface area (Å²) in [5.74, 6) is -0.427. The number of rotatable bonds is 7. The Labute approximate surface area is 192 Å². The number of aryl methyl sites for hydroxylation is 1. The minimum atomic E-state index is -0.429. The highest BCUT2D eigenvalue weighted by atomic mass is 32.2. The normalized spacial score (nSPS) is 10.9. The summed E-state index contributed by atoms with van der Waals surface area (Å²) in [7, 11) is 0. The SMILES string of the molecule is CCOC(=O)c1c(-c2cccs2)csc1NC(=O)CSc1cc(C)c2ccccc2n1. The van der Waals surface area contributed by atoms with Gasteiger partial charge in [-0.25, -0.2) is 9.78 Å². The second-order valence-electron chi connectivity index (χ2n) is 6.68. The zero-order chi connectivity index (χ0) is 21.8. The lowest BCUT2D eigenvalue weighted by molar-refractivity contribution is -0.113. The summed E-state index contributed by atoms with van der Waals surface area (Å²) in [6, 6.07) is 13.8. The lowest BCUT2D eigenvalue weighted by Gasteiger charge is -2.09. The van der Waals surface area contributed by atoms with Gasteiger partial charge in [-0.1, -0.05) is 36.0 Å². The molecule has 0 saturated heterocycles. The highest BCUT2D eigenvalue weighted by molar-refractivity contribution is 7.99. The summed E-state index contributed by atoms with van der Waals surface area (Å²) in [5, 5.41) is 9.14. The Morgan fingerprint density at radius 3 is 2.77 bits per heavy atom. The van der Waals surface area contributed by atoms with E-state index >= 15 is 0 Å². The maximum Gasteiger partial charge on any atom is 0.341 e. The molecule has 0 aliphatic heterocycles.